The molecule has 0 aliphatic carbocycles. The number of hydrogen-bond donors (Lipinski definition) is 6. The number of ether oxygens (including phenoxy) is 1. The molecule has 138 valence electrons. The molecule has 25 heavy (non-hydrogen) atoms. The number of aromatic amines is 1. The Labute approximate surface area is 146 Å². The molecule has 7 N–H and O–H groups in total. The van der Waals surface area contributed by atoms with Gasteiger partial charge in [0.25, 0.3) is 5.56 Å². The number of H-pyrrole nitrogens is 1. The van der Waals surface area contributed by atoms with Crippen LogP contribution in [-0.2, 0) is 13.8 Å². The van der Waals surface area contributed by atoms with Crippen LogP contribution in [0.3, 0.4) is 0 Å². The number of nitrogens with two attached hydrogens (primary N) is 1. The van der Waals surface area contributed by atoms with E-state index in [0.717, 1.165) is 0 Å². The Kier molecular flexibility index (Phi) is 4.72. The maximum absolute atomic E-state index is 11.9. The van der Waals surface area contributed by atoms with Crippen molar-refractivity contribution in [1.29, 1.82) is 0 Å². The van der Waals surface area contributed by atoms with E-state index in [2.05, 4.69) is 35.4 Å². The summed E-state index contributed by atoms with van der Waals surface area (Å²) < 4.78 is 21.8. The van der Waals surface area contributed by atoms with Crippen LogP contribution in [0.1, 0.15) is 6.23 Å². The topological polar surface area (TPSA) is 206 Å². The van der Waals surface area contributed by atoms with Gasteiger partial charge < -0.3 is 30.5 Å². The van der Waals surface area contributed by atoms with Gasteiger partial charge >= 0.3 is 7.82 Å². The quantitative estimate of drug-likeness (QED) is 0.230. The van der Waals surface area contributed by atoms with Crippen LogP contribution in [-0.4, -0.2) is 64.4 Å². The predicted molar refractivity (Wildman–Crippen MR) is 84.2 cm³/mol. The first-order valence-electron chi connectivity index (χ1n) is 6.73. The summed E-state index contributed by atoms with van der Waals surface area (Å²) in [7, 11) is -4.78. The highest BCUT2D eigenvalue weighted by Gasteiger charge is 2.46. The molecule has 3 heterocycles. The number of rotatable bonds is 4. The summed E-state index contributed by atoms with van der Waals surface area (Å²) in [6.07, 6.45) is -5.52. The monoisotopic (exact) mass is 441 g/mol. The van der Waals surface area contributed by atoms with E-state index >= 15 is 0 Å². The Bertz CT molecular complexity index is 911. The number of imidazole rings is 1. The molecule has 0 spiro atoms. The molecule has 0 radical (unpaired) electrons. The van der Waals surface area contributed by atoms with Gasteiger partial charge in [-0.05, 0) is 15.9 Å². The van der Waals surface area contributed by atoms with Crippen LogP contribution in [0.15, 0.2) is 9.53 Å². The van der Waals surface area contributed by atoms with Gasteiger partial charge in [0.2, 0.25) is 5.95 Å². The average Bonchev–Trinajstić information content (AvgIpc) is 2.95. The molecule has 2 aromatic rings. The van der Waals surface area contributed by atoms with E-state index in [1.807, 2.05) is 0 Å². The Hall–Kier alpha value is -1.38. The lowest BCUT2D eigenvalue weighted by molar-refractivity contribution is -0.0513. The molecule has 1 aliphatic heterocycles. The van der Waals surface area contributed by atoms with Gasteiger partial charge in [-0.1, -0.05) is 0 Å². The zero-order valence-electron chi connectivity index (χ0n) is 12.2. The first kappa shape index (κ1) is 18.4. The number of nitrogen functional groups attached to an aromatic ring is 1. The van der Waals surface area contributed by atoms with E-state index in [4.69, 9.17) is 20.3 Å². The summed E-state index contributed by atoms with van der Waals surface area (Å²) in [6.45, 7) is -0.667. The number of nitrogens with zero attached hydrogens (tertiary/aromatic N) is 3. The number of halogens is 1. The summed E-state index contributed by atoms with van der Waals surface area (Å²) in [5.41, 5.74) is 4.79. The molecule has 0 unspecified atom stereocenters. The van der Waals surface area contributed by atoms with E-state index in [9.17, 15) is 19.6 Å². The minimum Gasteiger partial charge on any atom is -0.387 e. The van der Waals surface area contributed by atoms with Crippen LogP contribution in [0, 0.1) is 0 Å². The second kappa shape index (κ2) is 6.41. The van der Waals surface area contributed by atoms with Crippen LogP contribution >= 0.6 is 23.8 Å². The zero-order chi connectivity index (χ0) is 18.5. The molecule has 1 aliphatic rings. The molecular formula is C10H13BrN5O8P. The lowest BCUT2D eigenvalue weighted by Gasteiger charge is -2.17. The third kappa shape index (κ3) is 3.47. The number of phosphoric ester groups is 1. The highest BCUT2D eigenvalue weighted by atomic mass is 79.9. The summed E-state index contributed by atoms with van der Waals surface area (Å²) in [6, 6.07) is 0. The van der Waals surface area contributed by atoms with Crippen LogP contribution in [0.5, 0.6) is 0 Å². The van der Waals surface area contributed by atoms with Crippen LogP contribution in [0.25, 0.3) is 11.2 Å². The summed E-state index contributed by atoms with van der Waals surface area (Å²) in [5, 5.41) is 20.2. The zero-order valence-corrected chi connectivity index (χ0v) is 14.7. The maximum atomic E-state index is 11.9. The van der Waals surface area contributed by atoms with Crippen molar-refractivity contribution in [2.75, 3.05) is 12.3 Å². The Morgan fingerprint density at radius 2 is 2.04 bits per heavy atom. The highest BCUT2D eigenvalue weighted by molar-refractivity contribution is 9.10. The van der Waals surface area contributed by atoms with Gasteiger partial charge in [-0.2, -0.15) is 4.98 Å². The van der Waals surface area contributed by atoms with Crippen molar-refractivity contribution < 1.29 is 33.8 Å². The van der Waals surface area contributed by atoms with Crippen LogP contribution in [0.2, 0.25) is 0 Å². The molecular weight excluding hydrogens is 429 g/mol. The first-order valence-corrected chi connectivity index (χ1v) is 9.05. The summed E-state index contributed by atoms with van der Waals surface area (Å²) in [5.74, 6) is -0.194. The first-order chi connectivity index (χ1) is 11.6. The normalized spacial score (nSPS) is 27.2. The van der Waals surface area contributed by atoms with Gasteiger partial charge in [-0.15, -0.1) is 0 Å². The Morgan fingerprint density at radius 1 is 1.36 bits per heavy atom. The molecule has 0 amide bonds. The summed E-state index contributed by atoms with van der Waals surface area (Å²) in [4.78, 5) is 39.5. The molecule has 1 saturated heterocycles. The van der Waals surface area contributed by atoms with E-state index in [0.29, 0.717) is 0 Å². The molecule has 15 heteroatoms. The molecule has 0 saturated carbocycles. The summed E-state index contributed by atoms with van der Waals surface area (Å²) >= 11 is 3.11. The number of anilines is 1. The molecule has 1 fully saturated rings. The number of aliphatic hydroxyl groups excluding tert-OH is 2. The highest BCUT2D eigenvalue weighted by Crippen LogP contribution is 2.39. The van der Waals surface area contributed by atoms with Crippen LogP contribution < -0.4 is 11.3 Å². The predicted octanol–water partition coefficient (Wildman–Crippen LogP) is -1.81. The minimum absolute atomic E-state index is 0.0130. The smallest absolute Gasteiger partial charge is 0.387 e. The third-order valence-electron chi connectivity index (χ3n) is 3.52. The van der Waals surface area contributed by atoms with E-state index in [1.165, 1.54) is 4.57 Å². The lowest BCUT2D eigenvalue weighted by atomic mass is 10.1. The molecule has 0 aromatic carbocycles. The average molecular weight is 442 g/mol. The molecule has 3 rings (SSSR count). The fourth-order valence-corrected chi connectivity index (χ4v) is 3.34. The van der Waals surface area contributed by atoms with Gasteiger partial charge in [0, 0.05) is 0 Å². The third-order valence-corrected chi connectivity index (χ3v) is 4.57. The SMILES string of the molecule is Nc1nc2c(nc(Br)n2[C@@H]2O[C@H](COP(=O)(O)O)[C@@H](O)[C@@H]2O)c(=O)[nH]1. The molecule has 2 aromatic heterocycles. The van der Waals surface area contributed by atoms with Crippen LogP contribution in [0.4, 0.5) is 5.95 Å². The number of nitrogens with one attached hydrogen (secondary N) is 1. The maximum Gasteiger partial charge on any atom is 0.469 e. The standard InChI is InChI=1S/C10H13BrN5O8P/c11-9-13-3-6(14-10(12)15-7(3)19)16(9)8-5(18)4(17)2(24-8)1-23-25(20,21)22/h2,4-5,8,17-18H,1H2,(H2,20,21,22)(H3,12,14,15,19)/t2-,4-,5+,8-/m1/s1. The second-order valence-corrected chi connectivity index (χ2v) is 7.16. The van der Waals surface area contributed by atoms with Crippen molar-refractivity contribution in [3.8, 4) is 0 Å². The van der Waals surface area contributed by atoms with Gasteiger partial charge in [-0.25, -0.2) is 9.55 Å². The number of phosphoric acid groups is 1. The number of aliphatic hydroxyl groups is 2. The van der Waals surface area contributed by atoms with Crippen molar-refractivity contribution in [3.63, 3.8) is 0 Å². The van der Waals surface area contributed by atoms with Gasteiger partial charge in [0.1, 0.15) is 18.3 Å². The second-order valence-electron chi connectivity index (χ2n) is 5.21. The van der Waals surface area contributed by atoms with Crippen molar-refractivity contribution >= 4 is 40.9 Å². The lowest BCUT2D eigenvalue weighted by Crippen LogP contribution is -2.33. The Morgan fingerprint density at radius 3 is 2.68 bits per heavy atom. The molecule has 13 nitrogen and oxygen atoms in total. The van der Waals surface area contributed by atoms with Crippen molar-refractivity contribution in [1.82, 2.24) is 19.5 Å². The Balaban J connectivity index is 1.97. The fraction of sp³-hybridized carbons (Fsp3) is 0.500. The van der Waals surface area contributed by atoms with E-state index in [1.54, 1.807) is 0 Å². The number of aromatic nitrogens is 4. The molecule has 4 atom stereocenters. The largest absolute Gasteiger partial charge is 0.469 e. The fourth-order valence-electron chi connectivity index (χ4n) is 2.45. The van der Waals surface area contributed by atoms with Gasteiger partial charge in [0.05, 0.1) is 6.61 Å². The van der Waals surface area contributed by atoms with Crippen molar-refractivity contribution in [2.45, 2.75) is 24.5 Å². The van der Waals surface area contributed by atoms with E-state index in [-0.39, 0.29) is 21.8 Å². The van der Waals surface area contributed by atoms with Crippen molar-refractivity contribution in [2.24, 2.45) is 0 Å². The van der Waals surface area contributed by atoms with Gasteiger partial charge in [-0.3, -0.25) is 18.9 Å². The number of hydrogen-bond acceptors (Lipinski definition) is 9. The van der Waals surface area contributed by atoms with Crippen molar-refractivity contribution in [3.05, 3.63) is 15.1 Å². The van der Waals surface area contributed by atoms with E-state index < -0.39 is 44.5 Å². The molecule has 0 bridgehead atoms. The number of fused-ring (bicyclic) bond motifs is 1. The van der Waals surface area contributed by atoms with Gasteiger partial charge in [0.15, 0.2) is 22.1 Å². The minimum atomic E-state index is -4.78.